The van der Waals surface area contributed by atoms with Crippen LogP contribution in [0.2, 0.25) is 0 Å². The van der Waals surface area contributed by atoms with Crippen molar-refractivity contribution < 1.29 is 13.0 Å². The van der Waals surface area contributed by atoms with Crippen LogP contribution in [0.25, 0.3) is 0 Å². The SMILES string of the molecule is O=S(=O)(O)CCCC1CNC1. The Morgan fingerprint density at radius 2 is 2.09 bits per heavy atom. The van der Waals surface area contributed by atoms with Gasteiger partial charge < -0.3 is 5.32 Å². The van der Waals surface area contributed by atoms with Crippen molar-refractivity contribution in [3.05, 3.63) is 0 Å². The van der Waals surface area contributed by atoms with Gasteiger partial charge in [0.1, 0.15) is 0 Å². The van der Waals surface area contributed by atoms with E-state index in [-0.39, 0.29) is 5.75 Å². The zero-order valence-corrected chi connectivity index (χ0v) is 7.10. The first-order valence-electron chi connectivity index (χ1n) is 3.74. The van der Waals surface area contributed by atoms with E-state index in [2.05, 4.69) is 5.32 Å². The van der Waals surface area contributed by atoms with Gasteiger partial charge in [-0.2, -0.15) is 8.42 Å². The summed E-state index contributed by atoms with van der Waals surface area (Å²) >= 11 is 0. The molecular weight excluding hydrogens is 166 g/mol. The van der Waals surface area contributed by atoms with E-state index in [1.807, 2.05) is 0 Å². The Kier molecular flexibility index (Phi) is 2.86. The molecule has 4 nitrogen and oxygen atoms in total. The molecule has 11 heavy (non-hydrogen) atoms. The van der Waals surface area contributed by atoms with Crippen molar-refractivity contribution >= 4 is 10.1 Å². The first-order chi connectivity index (χ1) is 5.08. The smallest absolute Gasteiger partial charge is 0.264 e. The van der Waals surface area contributed by atoms with Gasteiger partial charge in [0, 0.05) is 0 Å². The molecule has 1 heterocycles. The summed E-state index contributed by atoms with van der Waals surface area (Å²) in [5, 5.41) is 3.10. The van der Waals surface area contributed by atoms with Crippen LogP contribution >= 0.6 is 0 Å². The molecule has 2 N–H and O–H groups in total. The summed E-state index contributed by atoms with van der Waals surface area (Å²) in [6.07, 6.45) is 1.47. The molecule has 0 aromatic rings. The Labute approximate surface area is 66.7 Å². The average molecular weight is 179 g/mol. The van der Waals surface area contributed by atoms with Crippen LogP contribution in [0.5, 0.6) is 0 Å². The molecule has 0 radical (unpaired) electrons. The van der Waals surface area contributed by atoms with E-state index in [1.54, 1.807) is 0 Å². The predicted molar refractivity (Wildman–Crippen MR) is 42.0 cm³/mol. The standard InChI is InChI=1S/C6H13NO3S/c8-11(9,10)3-1-2-6-4-7-5-6/h6-7H,1-5H2,(H,8,9,10). The number of nitrogens with one attached hydrogen (secondary N) is 1. The van der Waals surface area contributed by atoms with E-state index in [9.17, 15) is 8.42 Å². The van der Waals surface area contributed by atoms with E-state index in [1.165, 1.54) is 0 Å². The van der Waals surface area contributed by atoms with Gasteiger partial charge in [0.2, 0.25) is 0 Å². The zero-order chi connectivity index (χ0) is 8.32. The molecule has 0 aromatic carbocycles. The third-order valence-corrected chi connectivity index (χ3v) is 2.69. The summed E-state index contributed by atoms with van der Waals surface area (Å²) in [5.41, 5.74) is 0. The fourth-order valence-electron chi connectivity index (χ4n) is 1.11. The lowest BCUT2D eigenvalue weighted by Crippen LogP contribution is -2.41. The minimum atomic E-state index is -3.72. The van der Waals surface area contributed by atoms with Crippen molar-refractivity contribution in [3.63, 3.8) is 0 Å². The van der Waals surface area contributed by atoms with E-state index < -0.39 is 10.1 Å². The highest BCUT2D eigenvalue weighted by atomic mass is 32.2. The Balaban J connectivity index is 2.04. The second-order valence-corrected chi connectivity index (χ2v) is 4.52. The minimum Gasteiger partial charge on any atom is -0.316 e. The molecule has 1 aliphatic rings. The molecule has 1 rings (SSSR count). The largest absolute Gasteiger partial charge is 0.316 e. The first kappa shape index (κ1) is 8.96. The summed E-state index contributed by atoms with van der Waals surface area (Å²) in [7, 11) is -3.72. The van der Waals surface area contributed by atoms with E-state index in [4.69, 9.17) is 4.55 Å². The van der Waals surface area contributed by atoms with Crippen LogP contribution < -0.4 is 5.32 Å². The lowest BCUT2D eigenvalue weighted by Gasteiger charge is -2.26. The maximum absolute atomic E-state index is 10.3. The summed E-state index contributed by atoms with van der Waals surface area (Å²) in [5.74, 6) is 0.528. The highest BCUT2D eigenvalue weighted by Crippen LogP contribution is 2.11. The molecule has 5 heteroatoms. The van der Waals surface area contributed by atoms with Gasteiger partial charge in [-0.15, -0.1) is 0 Å². The Hall–Kier alpha value is -0.130. The molecule has 0 aliphatic carbocycles. The lowest BCUT2D eigenvalue weighted by molar-refractivity contribution is 0.324. The molecule has 0 aromatic heterocycles. The van der Waals surface area contributed by atoms with E-state index in [0.717, 1.165) is 19.5 Å². The number of rotatable bonds is 4. The van der Waals surface area contributed by atoms with Crippen LogP contribution in [0.3, 0.4) is 0 Å². The van der Waals surface area contributed by atoms with Gasteiger partial charge in [-0.1, -0.05) is 0 Å². The van der Waals surface area contributed by atoms with Crippen LogP contribution in [-0.4, -0.2) is 31.8 Å². The van der Waals surface area contributed by atoms with Gasteiger partial charge in [-0.25, -0.2) is 0 Å². The molecule has 1 fully saturated rings. The minimum absolute atomic E-state index is 0.0937. The van der Waals surface area contributed by atoms with Gasteiger partial charge in [0.25, 0.3) is 10.1 Å². The van der Waals surface area contributed by atoms with Gasteiger partial charge in [-0.3, -0.25) is 4.55 Å². The summed E-state index contributed by atoms with van der Waals surface area (Å²) in [6, 6.07) is 0. The summed E-state index contributed by atoms with van der Waals surface area (Å²) in [4.78, 5) is 0. The Morgan fingerprint density at radius 3 is 2.45 bits per heavy atom. The maximum atomic E-state index is 10.3. The third-order valence-electron chi connectivity index (χ3n) is 1.88. The molecule has 0 saturated carbocycles. The molecule has 0 amide bonds. The van der Waals surface area contributed by atoms with Gasteiger partial charge in [0.05, 0.1) is 5.75 Å². The zero-order valence-electron chi connectivity index (χ0n) is 6.28. The fourth-order valence-corrected chi connectivity index (χ4v) is 1.64. The van der Waals surface area contributed by atoms with E-state index >= 15 is 0 Å². The average Bonchev–Trinajstić information content (AvgIpc) is 1.73. The van der Waals surface area contributed by atoms with Gasteiger partial charge in [0.15, 0.2) is 0 Å². The second kappa shape index (κ2) is 3.51. The van der Waals surface area contributed by atoms with Crippen molar-refractivity contribution in [1.82, 2.24) is 5.32 Å². The normalized spacial score (nSPS) is 19.7. The highest BCUT2D eigenvalue weighted by molar-refractivity contribution is 7.85. The van der Waals surface area contributed by atoms with Crippen LogP contribution in [0.4, 0.5) is 0 Å². The maximum Gasteiger partial charge on any atom is 0.264 e. The van der Waals surface area contributed by atoms with Gasteiger partial charge >= 0.3 is 0 Å². The monoisotopic (exact) mass is 179 g/mol. The second-order valence-electron chi connectivity index (χ2n) is 2.95. The van der Waals surface area contributed by atoms with Crippen molar-refractivity contribution in [1.29, 1.82) is 0 Å². The van der Waals surface area contributed by atoms with Crippen molar-refractivity contribution in [2.75, 3.05) is 18.8 Å². The van der Waals surface area contributed by atoms with Crippen LogP contribution in [0.1, 0.15) is 12.8 Å². The Morgan fingerprint density at radius 1 is 1.45 bits per heavy atom. The molecular formula is C6H13NO3S. The lowest BCUT2D eigenvalue weighted by atomic mass is 9.98. The topological polar surface area (TPSA) is 66.4 Å². The molecule has 66 valence electrons. The van der Waals surface area contributed by atoms with Crippen molar-refractivity contribution in [2.24, 2.45) is 5.92 Å². The molecule has 0 atom stereocenters. The number of hydrogen-bond donors (Lipinski definition) is 2. The third kappa shape index (κ3) is 3.69. The van der Waals surface area contributed by atoms with Crippen LogP contribution in [0, 0.1) is 5.92 Å². The van der Waals surface area contributed by atoms with E-state index in [0.29, 0.717) is 12.3 Å². The summed E-state index contributed by atoms with van der Waals surface area (Å²) in [6.45, 7) is 1.98. The highest BCUT2D eigenvalue weighted by Gasteiger charge is 2.16. The van der Waals surface area contributed by atoms with Crippen LogP contribution in [0.15, 0.2) is 0 Å². The molecule has 1 saturated heterocycles. The number of hydrogen-bond acceptors (Lipinski definition) is 3. The fraction of sp³-hybridized carbons (Fsp3) is 1.00. The predicted octanol–water partition coefficient (Wildman–Crippen LogP) is -0.126. The van der Waals surface area contributed by atoms with Crippen molar-refractivity contribution in [3.8, 4) is 0 Å². The Bertz CT molecular complexity index is 208. The van der Waals surface area contributed by atoms with Crippen LogP contribution in [-0.2, 0) is 10.1 Å². The molecule has 0 bridgehead atoms. The first-order valence-corrected chi connectivity index (χ1v) is 5.35. The summed E-state index contributed by atoms with van der Waals surface area (Å²) < 4.78 is 28.9. The van der Waals surface area contributed by atoms with Crippen molar-refractivity contribution in [2.45, 2.75) is 12.8 Å². The molecule has 0 spiro atoms. The molecule has 1 aliphatic heterocycles. The quantitative estimate of drug-likeness (QED) is 0.590. The molecule has 0 unspecified atom stereocenters. The van der Waals surface area contributed by atoms with Gasteiger partial charge in [-0.05, 0) is 31.8 Å².